The number of fused-ring (bicyclic) bond motifs is 1. The van der Waals surface area contributed by atoms with Crippen LogP contribution in [0.25, 0.3) is 11.0 Å². The number of rotatable bonds is 6. The summed E-state index contributed by atoms with van der Waals surface area (Å²) < 4.78 is 10.4. The van der Waals surface area contributed by atoms with Gasteiger partial charge in [0.1, 0.15) is 11.5 Å². The van der Waals surface area contributed by atoms with Gasteiger partial charge in [-0.1, -0.05) is 23.4 Å². The number of hydrogen-bond donors (Lipinski definition) is 2. The predicted molar refractivity (Wildman–Crippen MR) is 100 cm³/mol. The molecule has 1 amide bonds. The van der Waals surface area contributed by atoms with Crippen LogP contribution in [-0.2, 0) is 4.79 Å². The SMILES string of the molecule is COc1cc(NC(=O)CSc2nc3ccc(Cl)cc3[nH]2)cc(OC)c1. The summed E-state index contributed by atoms with van der Waals surface area (Å²) in [6.07, 6.45) is 0. The van der Waals surface area contributed by atoms with E-state index in [-0.39, 0.29) is 11.7 Å². The van der Waals surface area contributed by atoms with Gasteiger partial charge in [0.25, 0.3) is 0 Å². The molecule has 0 saturated carbocycles. The Hall–Kier alpha value is -2.38. The molecule has 0 aliphatic carbocycles. The molecule has 8 heteroatoms. The fourth-order valence-electron chi connectivity index (χ4n) is 2.24. The van der Waals surface area contributed by atoms with Crippen LogP contribution >= 0.6 is 23.4 Å². The molecule has 6 nitrogen and oxygen atoms in total. The number of imidazole rings is 1. The maximum atomic E-state index is 12.2. The Morgan fingerprint density at radius 3 is 2.60 bits per heavy atom. The number of benzene rings is 2. The maximum absolute atomic E-state index is 12.2. The summed E-state index contributed by atoms with van der Waals surface area (Å²) in [6, 6.07) is 10.6. The number of thioether (sulfide) groups is 1. The van der Waals surface area contributed by atoms with Gasteiger partial charge in [0.2, 0.25) is 5.91 Å². The lowest BCUT2D eigenvalue weighted by Gasteiger charge is -2.09. The van der Waals surface area contributed by atoms with Crippen molar-refractivity contribution in [3.63, 3.8) is 0 Å². The number of hydrogen-bond acceptors (Lipinski definition) is 5. The van der Waals surface area contributed by atoms with Crippen molar-refractivity contribution < 1.29 is 14.3 Å². The lowest BCUT2D eigenvalue weighted by molar-refractivity contribution is -0.113. The Bertz CT molecular complexity index is 891. The molecule has 0 aliphatic rings. The minimum Gasteiger partial charge on any atom is -0.497 e. The Morgan fingerprint density at radius 2 is 1.92 bits per heavy atom. The molecule has 0 unspecified atom stereocenters. The highest BCUT2D eigenvalue weighted by molar-refractivity contribution is 7.99. The molecule has 25 heavy (non-hydrogen) atoms. The molecular weight excluding hydrogens is 362 g/mol. The number of halogens is 1. The van der Waals surface area contributed by atoms with E-state index in [4.69, 9.17) is 21.1 Å². The fraction of sp³-hybridized carbons (Fsp3) is 0.176. The second kappa shape index (κ2) is 7.67. The van der Waals surface area contributed by atoms with Gasteiger partial charge in [-0.15, -0.1) is 0 Å². The summed E-state index contributed by atoms with van der Waals surface area (Å²) in [5.41, 5.74) is 2.26. The van der Waals surface area contributed by atoms with Crippen LogP contribution in [0.2, 0.25) is 5.02 Å². The van der Waals surface area contributed by atoms with Gasteiger partial charge in [0.15, 0.2) is 5.16 Å². The number of nitrogens with zero attached hydrogens (tertiary/aromatic N) is 1. The van der Waals surface area contributed by atoms with E-state index in [9.17, 15) is 4.79 Å². The number of carbonyl (C=O) groups is 1. The van der Waals surface area contributed by atoms with Gasteiger partial charge in [-0.3, -0.25) is 4.79 Å². The standard InChI is InChI=1S/C17H16ClN3O3S/c1-23-12-6-11(7-13(8-12)24-2)19-16(22)9-25-17-20-14-4-3-10(18)5-15(14)21-17/h3-8H,9H2,1-2H3,(H,19,22)(H,20,21). The molecular formula is C17H16ClN3O3S. The minimum atomic E-state index is -0.154. The summed E-state index contributed by atoms with van der Waals surface area (Å²) in [4.78, 5) is 19.7. The van der Waals surface area contributed by atoms with Crippen molar-refractivity contribution in [1.82, 2.24) is 9.97 Å². The van der Waals surface area contributed by atoms with E-state index >= 15 is 0 Å². The fourth-order valence-corrected chi connectivity index (χ4v) is 3.09. The lowest BCUT2D eigenvalue weighted by atomic mass is 10.2. The number of aromatic amines is 1. The third-order valence-electron chi connectivity index (χ3n) is 3.40. The van der Waals surface area contributed by atoms with Gasteiger partial charge in [0.05, 0.1) is 31.0 Å². The Morgan fingerprint density at radius 1 is 1.20 bits per heavy atom. The van der Waals surface area contributed by atoms with Crippen molar-refractivity contribution in [2.45, 2.75) is 5.16 Å². The van der Waals surface area contributed by atoms with Crippen LogP contribution in [0.15, 0.2) is 41.6 Å². The Balaban J connectivity index is 1.64. The first-order valence-electron chi connectivity index (χ1n) is 7.38. The largest absolute Gasteiger partial charge is 0.497 e. The van der Waals surface area contributed by atoms with Crippen molar-refractivity contribution in [3.8, 4) is 11.5 Å². The Labute approximate surface area is 153 Å². The van der Waals surface area contributed by atoms with Gasteiger partial charge in [-0.2, -0.15) is 0 Å². The predicted octanol–water partition coefficient (Wildman–Crippen LogP) is 3.96. The van der Waals surface area contributed by atoms with Crippen LogP contribution in [0.5, 0.6) is 11.5 Å². The van der Waals surface area contributed by atoms with Crippen molar-refractivity contribution in [3.05, 3.63) is 41.4 Å². The molecule has 130 valence electrons. The zero-order valence-corrected chi connectivity index (χ0v) is 15.2. The molecule has 0 radical (unpaired) electrons. The third-order valence-corrected chi connectivity index (χ3v) is 4.51. The molecule has 0 saturated heterocycles. The van der Waals surface area contributed by atoms with Gasteiger partial charge in [0, 0.05) is 28.9 Å². The molecule has 0 atom stereocenters. The van der Waals surface area contributed by atoms with Gasteiger partial charge >= 0.3 is 0 Å². The van der Waals surface area contributed by atoms with E-state index < -0.39 is 0 Å². The summed E-state index contributed by atoms with van der Waals surface area (Å²) in [6.45, 7) is 0. The number of H-pyrrole nitrogens is 1. The molecule has 3 aromatic rings. The molecule has 1 heterocycles. The quantitative estimate of drug-likeness (QED) is 0.636. The minimum absolute atomic E-state index is 0.154. The average Bonchev–Trinajstić information content (AvgIpc) is 3.01. The highest BCUT2D eigenvalue weighted by atomic mass is 35.5. The molecule has 2 N–H and O–H groups in total. The number of carbonyl (C=O) groups excluding carboxylic acids is 1. The second-order valence-electron chi connectivity index (χ2n) is 5.14. The van der Waals surface area contributed by atoms with E-state index in [2.05, 4.69) is 15.3 Å². The van der Waals surface area contributed by atoms with Crippen LogP contribution in [0.1, 0.15) is 0 Å². The highest BCUT2D eigenvalue weighted by Gasteiger charge is 2.09. The summed E-state index contributed by atoms with van der Waals surface area (Å²) in [5, 5.41) is 4.12. The molecule has 0 spiro atoms. The summed E-state index contributed by atoms with van der Waals surface area (Å²) in [7, 11) is 3.12. The number of amides is 1. The molecule has 0 bridgehead atoms. The first-order valence-corrected chi connectivity index (χ1v) is 8.75. The topological polar surface area (TPSA) is 76.2 Å². The number of ether oxygens (including phenoxy) is 2. The van der Waals surface area contributed by atoms with E-state index in [0.29, 0.717) is 27.4 Å². The number of nitrogens with one attached hydrogen (secondary N) is 2. The van der Waals surface area contributed by atoms with Crippen molar-refractivity contribution in [2.75, 3.05) is 25.3 Å². The summed E-state index contributed by atoms with van der Waals surface area (Å²) in [5.74, 6) is 1.28. The van der Waals surface area contributed by atoms with Crippen LogP contribution in [0.4, 0.5) is 5.69 Å². The number of aromatic nitrogens is 2. The second-order valence-corrected chi connectivity index (χ2v) is 6.54. The zero-order valence-electron chi connectivity index (χ0n) is 13.6. The monoisotopic (exact) mass is 377 g/mol. The summed E-state index contributed by atoms with van der Waals surface area (Å²) >= 11 is 7.27. The van der Waals surface area contributed by atoms with E-state index in [1.54, 1.807) is 44.6 Å². The highest BCUT2D eigenvalue weighted by Crippen LogP contribution is 2.26. The van der Waals surface area contributed by atoms with Crippen LogP contribution in [-0.4, -0.2) is 35.8 Å². The van der Waals surface area contributed by atoms with Crippen LogP contribution < -0.4 is 14.8 Å². The van der Waals surface area contributed by atoms with Crippen molar-refractivity contribution in [1.29, 1.82) is 0 Å². The molecule has 3 rings (SSSR count). The van der Waals surface area contributed by atoms with E-state index in [1.165, 1.54) is 11.8 Å². The van der Waals surface area contributed by atoms with E-state index in [1.807, 2.05) is 6.07 Å². The maximum Gasteiger partial charge on any atom is 0.234 e. The third kappa shape index (κ3) is 4.37. The van der Waals surface area contributed by atoms with Gasteiger partial charge in [-0.25, -0.2) is 4.98 Å². The molecule has 0 aliphatic heterocycles. The molecule has 1 aromatic heterocycles. The number of methoxy groups -OCH3 is 2. The van der Waals surface area contributed by atoms with Crippen molar-refractivity contribution in [2.24, 2.45) is 0 Å². The van der Waals surface area contributed by atoms with E-state index in [0.717, 1.165) is 11.0 Å². The average molecular weight is 378 g/mol. The van der Waals surface area contributed by atoms with Gasteiger partial charge < -0.3 is 19.8 Å². The van der Waals surface area contributed by atoms with Gasteiger partial charge in [-0.05, 0) is 18.2 Å². The molecule has 2 aromatic carbocycles. The van der Waals surface area contributed by atoms with Crippen molar-refractivity contribution >= 4 is 46.0 Å². The lowest BCUT2D eigenvalue weighted by Crippen LogP contribution is -2.14. The smallest absolute Gasteiger partial charge is 0.234 e. The first-order chi connectivity index (χ1) is 12.1. The first kappa shape index (κ1) is 17.4. The normalized spacial score (nSPS) is 10.7. The Kier molecular flexibility index (Phi) is 5.35. The zero-order chi connectivity index (χ0) is 17.8. The van der Waals surface area contributed by atoms with Crippen LogP contribution in [0, 0.1) is 0 Å². The number of anilines is 1. The van der Waals surface area contributed by atoms with Crippen LogP contribution in [0.3, 0.4) is 0 Å². The molecule has 0 fully saturated rings.